The molecule has 2 aromatic carbocycles. The largest absolute Gasteiger partial charge is 0.325 e. The van der Waals surface area contributed by atoms with Crippen LogP contribution in [0.3, 0.4) is 0 Å². The first-order chi connectivity index (χ1) is 13.6. The van der Waals surface area contributed by atoms with Gasteiger partial charge in [0, 0.05) is 29.0 Å². The number of amides is 2. The quantitative estimate of drug-likeness (QED) is 0.821. The van der Waals surface area contributed by atoms with Crippen LogP contribution in [0.4, 0.5) is 11.4 Å². The summed E-state index contributed by atoms with van der Waals surface area (Å²) in [5, 5.41) is 5.91. The number of hydrogen-bond acceptors (Lipinski definition) is 3. The fourth-order valence-electron chi connectivity index (χ4n) is 4.46. The Kier molecular flexibility index (Phi) is 5.44. The minimum atomic E-state index is -0.184. The van der Waals surface area contributed by atoms with Crippen LogP contribution in [0.2, 0.25) is 0 Å². The molecule has 2 aliphatic heterocycles. The molecule has 28 heavy (non-hydrogen) atoms. The summed E-state index contributed by atoms with van der Waals surface area (Å²) in [5.41, 5.74) is 2.93. The lowest BCUT2D eigenvalue weighted by Crippen LogP contribution is -2.44. The Morgan fingerprint density at radius 1 is 0.964 bits per heavy atom. The molecule has 0 aromatic heterocycles. The summed E-state index contributed by atoms with van der Waals surface area (Å²) >= 11 is 0. The highest BCUT2D eigenvalue weighted by Crippen LogP contribution is 2.35. The highest BCUT2D eigenvalue weighted by Gasteiger charge is 2.37. The molecule has 0 aliphatic carbocycles. The minimum Gasteiger partial charge on any atom is -0.325 e. The van der Waals surface area contributed by atoms with E-state index in [4.69, 9.17) is 0 Å². The van der Waals surface area contributed by atoms with Crippen LogP contribution in [0.1, 0.15) is 48.0 Å². The Labute approximate surface area is 166 Å². The number of anilines is 2. The SMILES string of the molecule is Cc1ccc(C(=O)Nc2ccccc2)cc1NC(=O)CN1C2CCCC1CC2. The van der Waals surface area contributed by atoms with Crippen LogP contribution in [0.15, 0.2) is 48.5 Å². The van der Waals surface area contributed by atoms with Crippen molar-refractivity contribution in [2.24, 2.45) is 0 Å². The van der Waals surface area contributed by atoms with Gasteiger partial charge < -0.3 is 10.6 Å². The molecule has 0 saturated carbocycles. The molecule has 2 aliphatic rings. The van der Waals surface area contributed by atoms with Crippen molar-refractivity contribution in [1.29, 1.82) is 0 Å². The van der Waals surface area contributed by atoms with Crippen molar-refractivity contribution in [3.8, 4) is 0 Å². The zero-order valence-corrected chi connectivity index (χ0v) is 16.3. The maximum absolute atomic E-state index is 12.7. The van der Waals surface area contributed by atoms with E-state index >= 15 is 0 Å². The highest BCUT2D eigenvalue weighted by molar-refractivity contribution is 6.05. The van der Waals surface area contributed by atoms with Gasteiger partial charge in [-0.1, -0.05) is 30.7 Å². The number of piperidine rings is 1. The van der Waals surface area contributed by atoms with E-state index in [1.165, 1.54) is 32.1 Å². The molecule has 2 fully saturated rings. The molecule has 146 valence electrons. The van der Waals surface area contributed by atoms with E-state index in [0.29, 0.717) is 29.9 Å². The average molecular weight is 377 g/mol. The molecular formula is C23H27N3O2. The van der Waals surface area contributed by atoms with Gasteiger partial charge >= 0.3 is 0 Å². The normalized spacial score (nSPS) is 21.3. The number of carbonyl (C=O) groups excluding carboxylic acids is 2. The first kappa shape index (κ1) is 18.7. The number of carbonyl (C=O) groups is 2. The van der Waals surface area contributed by atoms with E-state index in [-0.39, 0.29) is 11.8 Å². The molecule has 2 heterocycles. The smallest absolute Gasteiger partial charge is 0.255 e. The van der Waals surface area contributed by atoms with E-state index in [0.717, 1.165) is 11.3 Å². The first-order valence-electron chi connectivity index (χ1n) is 10.1. The molecule has 2 unspecified atom stereocenters. The van der Waals surface area contributed by atoms with Crippen LogP contribution >= 0.6 is 0 Å². The van der Waals surface area contributed by atoms with Crippen molar-refractivity contribution < 1.29 is 9.59 Å². The predicted molar refractivity (Wildman–Crippen MR) is 112 cm³/mol. The number of hydrogen-bond donors (Lipinski definition) is 2. The molecule has 2 atom stereocenters. The Balaban J connectivity index is 1.42. The number of benzene rings is 2. The van der Waals surface area contributed by atoms with E-state index in [9.17, 15) is 9.59 Å². The molecular weight excluding hydrogens is 350 g/mol. The molecule has 2 N–H and O–H groups in total. The lowest BCUT2D eigenvalue weighted by Gasteiger charge is -2.34. The Bertz CT molecular complexity index is 849. The number of aryl methyl sites for hydroxylation is 1. The van der Waals surface area contributed by atoms with Gasteiger partial charge in [-0.3, -0.25) is 14.5 Å². The summed E-state index contributed by atoms with van der Waals surface area (Å²) < 4.78 is 0. The third-order valence-electron chi connectivity index (χ3n) is 5.98. The zero-order valence-electron chi connectivity index (χ0n) is 16.3. The number of rotatable bonds is 5. The van der Waals surface area contributed by atoms with Gasteiger partial charge in [-0.05, 0) is 62.4 Å². The standard InChI is InChI=1S/C23H27N3O2/c1-16-10-11-17(23(28)24-18-6-3-2-4-7-18)14-21(16)25-22(27)15-26-19-8-5-9-20(26)13-12-19/h2-4,6-7,10-11,14,19-20H,5,8-9,12-13,15H2,1H3,(H,24,28)(H,25,27). The summed E-state index contributed by atoms with van der Waals surface area (Å²) in [6.45, 7) is 2.38. The lowest BCUT2D eigenvalue weighted by molar-refractivity contribution is -0.118. The Hall–Kier alpha value is -2.66. The molecule has 4 rings (SSSR count). The maximum Gasteiger partial charge on any atom is 0.255 e. The third kappa shape index (κ3) is 4.09. The van der Waals surface area contributed by atoms with Crippen molar-refractivity contribution in [2.45, 2.75) is 51.1 Å². The van der Waals surface area contributed by atoms with Crippen molar-refractivity contribution in [2.75, 3.05) is 17.2 Å². The molecule has 2 aromatic rings. The molecule has 5 nitrogen and oxygen atoms in total. The lowest BCUT2D eigenvalue weighted by atomic mass is 10.0. The maximum atomic E-state index is 12.7. The van der Waals surface area contributed by atoms with Gasteiger partial charge in [0.2, 0.25) is 5.91 Å². The second-order valence-corrected chi connectivity index (χ2v) is 7.89. The van der Waals surface area contributed by atoms with Crippen molar-refractivity contribution in [3.05, 3.63) is 59.7 Å². The van der Waals surface area contributed by atoms with Gasteiger partial charge in [0.1, 0.15) is 0 Å². The highest BCUT2D eigenvalue weighted by atomic mass is 16.2. The summed E-state index contributed by atoms with van der Waals surface area (Å²) in [7, 11) is 0. The first-order valence-corrected chi connectivity index (χ1v) is 10.1. The van der Waals surface area contributed by atoms with E-state index in [1.807, 2.05) is 43.3 Å². The van der Waals surface area contributed by atoms with E-state index in [2.05, 4.69) is 15.5 Å². The van der Waals surface area contributed by atoms with Gasteiger partial charge in [-0.25, -0.2) is 0 Å². The zero-order chi connectivity index (χ0) is 19.5. The number of nitrogens with zero attached hydrogens (tertiary/aromatic N) is 1. The molecule has 2 saturated heterocycles. The summed E-state index contributed by atoms with van der Waals surface area (Å²) in [6, 6.07) is 15.9. The van der Waals surface area contributed by atoms with Crippen LogP contribution in [0.5, 0.6) is 0 Å². The van der Waals surface area contributed by atoms with Gasteiger partial charge in [0.05, 0.1) is 6.54 Å². The van der Waals surface area contributed by atoms with Crippen LogP contribution in [-0.4, -0.2) is 35.3 Å². The third-order valence-corrected chi connectivity index (χ3v) is 5.98. The molecule has 2 amide bonds. The number of nitrogens with one attached hydrogen (secondary N) is 2. The molecule has 2 bridgehead atoms. The van der Waals surface area contributed by atoms with Gasteiger partial charge in [0.15, 0.2) is 0 Å². The molecule has 5 heteroatoms. The van der Waals surface area contributed by atoms with Crippen LogP contribution in [0, 0.1) is 6.92 Å². The topological polar surface area (TPSA) is 61.4 Å². The Morgan fingerprint density at radius 2 is 1.68 bits per heavy atom. The minimum absolute atomic E-state index is 0.00233. The molecule has 0 radical (unpaired) electrons. The predicted octanol–water partition coefficient (Wildman–Crippen LogP) is 4.20. The van der Waals surface area contributed by atoms with Gasteiger partial charge in [-0.15, -0.1) is 0 Å². The van der Waals surface area contributed by atoms with Crippen LogP contribution in [0.25, 0.3) is 0 Å². The fraction of sp³-hybridized carbons (Fsp3) is 0.391. The molecule has 0 spiro atoms. The summed E-state index contributed by atoms with van der Waals surface area (Å²) in [6.07, 6.45) is 6.12. The van der Waals surface area contributed by atoms with E-state index < -0.39 is 0 Å². The fourth-order valence-corrected chi connectivity index (χ4v) is 4.46. The van der Waals surface area contributed by atoms with Gasteiger partial charge in [0.25, 0.3) is 5.91 Å². The van der Waals surface area contributed by atoms with Crippen LogP contribution in [-0.2, 0) is 4.79 Å². The number of fused-ring (bicyclic) bond motifs is 2. The number of para-hydroxylation sites is 1. The second-order valence-electron chi connectivity index (χ2n) is 7.89. The van der Waals surface area contributed by atoms with Gasteiger partial charge in [-0.2, -0.15) is 0 Å². The average Bonchev–Trinajstić information content (AvgIpc) is 2.90. The van der Waals surface area contributed by atoms with Crippen molar-refractivity contribution >= 4 is 23.2 Å². The summed E-state index contributed by atoms with van der Waals surface area (Å²) in [5.74, 6) is -0.182. The van der Waals surface area contributed by atoms with Crippen molar-refractivity contribution in [1.82, 2.24) is 4.90 Å². The monoisotopic (exact) mass is 377 g/mol. The summed E-state index contributed by atoms with van der Waals surface area (Å²) in [4.78, 5) is 27.6. The van der Waals surface area contributed by atoms with E-state index in [1.54, 1.807) is 12.1 Å². The second kappa shape index (κ2) is 8.15. The van der Waals surface area contributed by atoms with Crippen LogP contribution < -0.4 is 10.6 Å². The van der Waals surface area contributed by atoms with Crippen molar-refractivity contribution in [3.63, 3.8) is 0 Å². The Morgan fingerprint density at radius 3 is 2.39 bits per heavy atom.